The van der Waals surface area contributed by atoms with Crippen LogP contribution in [0.3, 0.4) is 0 Å². The van der Waals surface area contributed by atoms with E-state index in [1.807, 2.05) is 6.07 Å². The molecule has 1 aliphatic heterocycles. The van der Waals surface area contributed by atoms with Crippen LogP contribution in [-0.4, -0.2) is 29.6 Å². The lowest BCUT2D eigenvalue weighted by atomic mass is 10.1. The summed E-state index contributed by atoms with van der Waals surface area (Å²) in [7, 11) is 0. The molecule has 108 valence electrons. The van der Waals surface area contributed by atoms with Crippen LogP contribution in [-0.2, 0) is 9.59 Å². The highest BCUT2D eigenvalue weighted by Crippen LogP contribution is 2.14. The van der Waals surface area contributed by atoms with Crippen LogP contribution in [0.4, 0.5) is 0 Å². The molecule has 1 aliphatic rings. The number of carboxylic acid groups (broad SMARTS) is 1. The Balaban J connectivity index is 2.04. The van der Waals surface area contributed by atoms with Gasteiger partial charge in [-0.15, -0.1) is 0 Å². The quantitative estimate of drug-likeness (QED) is 0.778. The van der Waals surface area contributed by atoms with Crippen LogP contribution in [0.1, 0.15) is 37.3 Å². The van der Waals surface area contributed by atoms with Gasteiger partial charge in [-0.3, -0.25) is 4.79 Å². The lowest BCUT2D eigenvalue weighted by molar-refractivity contribution is -0.142. The smallest absolute Gasteiger partial charge is 0.330 e. The Morgan fingerprint density at radius 2 is 1.95 bits per heavy atom. The normalized spacial score (nSPS) is 20.7. The number of nitrogens with one attached hydrogen (secondary N) is 2. The molecule has 0 aromatic heterocycles. The molecule has 2 unspecified atom stereocenters. The van der Waals surface area contributed by atoms with Crippen molar-refractivity contribution in [1.82, 2.24) is 10.6 Å². The monoisotopic (exact) mass is 276 g/mol. The number of carbonyl (C=O) groups excluding carboxylic acids is 1. The van der Waals surface area contributed by atoms with Gasteiger partial charge in [0.05, 0.1) is 6.04 Å². The molecule has 5 heteroatoms. The van der Waals surface area contributed by atoms with Gasteiger partial charge in [-0.2, -0.15) is 0 Å². The molecular formula is C15H20N2O3. The molecule has 0 saturated carbocycles. The number of rotatable bonds is 4. The van der Waals surface area contributed by atoms with Crippen molar-refractivity contribution in [2.75, 3.05) is 6.54 Å². The Hall–Kier alpha value is -1.88. The molecular weight excluding hydrogens is 256 g/mol. The van der Waals surface area contributed by atoms with Crippen molar-refractivity contribution in [2.24, 2.45) is 0 Å². The molecule has 2 rings (SSSR count). The zero-order valence-corrected chi connectivity index (χ0v) is 11.3. The number of benzene rings is 1. The number of carbonyl (C=O) groups is 2. The molecule has 0 radical (unpaired) electrons. The summed E-state index contributed by atoms with van der Waals surface area (Å²) in [5.41, 5.74) is 0.585. The maximum Gasteiger partial charge on any atom is 0.330 e. The summed E-state index contributed by atoms with van der Waals surface area (Å²) in [4.78, 5) is 23.6. The zero-order valence-electron chi connectivity index (χ0n) is 11.3. The molecule has 3 N–H and O–H groups in total. The van der Waals surface area contributed by atoms with Gasteiger partial charge in [0.1, 0.15) is 0 Å². The summed E-state index contributed by atoms with van der Waals surface area (Å²) in [5.74, 6) is -1.28. The Morgan fingerprint density at radius 3 is 2.65 bits per heavy atom. The second-order valence-corrected chi connectivity index (χ2v) is 5.05. The molecule has 0 spiro atoms. The highest BCUT2D eigenvalue weighted by Gasteiger charge is 2.26. The van der Waals surface area contributed by atoms with Crippen LogP contribution in [0.15, 0.2) is 30.3 Å². The van der Waals surface area contributed by atoms with Crippen LogP contribution in [0, 0.1) is 0 Å². The van der Waals surface area contributed by atoms with E-state index in [0.29, 0.717) is 5.56 Å². The predicted molar refractivity (Wildman–Crippen MR) is 75.2 cm³/mol. The Kier molecular flexibility index (Phi) is 5.12. The number of carboxylic acids is 1. The van der Waals surface area contributed by atoms with Gasteiger partial charge in [0, 0.05) is 0 Å². The third-order valence-electron chi connectivity index (χ3n) is 3.54. The van der Waals surface area contributed by atoms with E-state index in [4.69, 9.17) is 0 Å². The van der Waals surface area contributed by atoms with Gasteiger partial charge in [-0.1, -0.05) is 43.2 Å². The zero-order chi connectivity index (χ0) is 14.4. The first-order valence-electron chi connectivity index (χ1n) is 7.00. The van der Waals surface area contributed by atoms with Crippen molar-refractivity contribution in [3.63, 3.8) is 0 Å². The number of hydrogen-bond acceptors (Lipinski definition) is 3. The maximum atomic E-state index is 12.2. The van der Waals surface area contributed by atoms with Crippen molar-refractivity contribution >= 4 is 11.9 Å². The third kappa shape index (κ3) is 3.81. The van der Waals surface area contributed by atoms with Crippen LogP contribution in [0.2, 0.25) is 0 Å². The topological polar surface area (TPSA) is 78.4 Å². The van der Waals surface area contributed by atoms with E-state index in [9.17, 15) is 14.7 Å². The summed E-state index contributed by atoms with van der Waals surface area (Å²) in [5, 5.41) is 15.1. The summed E-state index contributed by atoms with van der Waals surface area (Å²) in [6.07, 6.45) is 3.92. The number of aliphatic carboxylic acids is 1. The largest absolute Gasteiger partial charge is 0.479 e. The molecule has 5 nitrogen and oxygen atoms in total. The fourth-order valence-corrected chi connectivity index (χ4v) is 2.43. The lowest BCUT2D eigenvalue weighted by Crippen LogP contribution is -2.46. The second-order valence-electron chi connectivity index (χ2n) is 5.05. The average molecular weight is 276 g/mol. The van der Waals surface area contributed by atoms with Crippen molar-refractivity contribution in [3.05, 3.63) is 35.9 Å². The van der Waals surface area contributed by atoms with Crippen LogP contribution in [0.25, 0.3) is 0 Å². The minimum Gasteiger partial charge on any atom is -0.479 e. The molecule has 1 fully saturated rings. The first kappa shape index (κ1) is 14.5. The van der Waals surface area contributed by atoms with Gasteiger partial charge >= 0.3 is 5.97 Å². The highest BCUT2D eigenvalue weighted by molar-refractivity contribution is 5.87. The first-order valence-corrected chi connectivity index (χ1v) is 7.00. The summed E-state index contributed by atoms with van der Waals surface area (Å²) in [6.45, 7) is 0.807. The predicted octanol–water partition coefficient (Wildman–Crippen LogP) is 1.46. The standard InChI is InChI=1S/C15H20N2O3/c18-14(12-9-5-2-6-10-16-12)17-13(15(19)20)11-7-3-1-4-8-11/h1,3-4,7-8,12-13,16H,2,5-6,9-10H2,(H,17,18)(H,19,20). The molecule has 1 aromatic carbocycles. The van der Waals surface area contributed by atoms with E-state index in [-0.39, 0.29) is 11.9 Å². The van der Waals surface area contributed by atoms with E-state index < -0.39 is 12.0 Å². The van der Waals surface area contributed by atoms with E-state index in [2.05, 4.69) is 10.6 Å². The Labute approximate surface area is 118 Å². The van der Waals surface area contributed by atoms with Gasteiger partial charge in [-0.25, -0.2) is 4.79 Å². The molecule has 20 heavy (non-hydrogen) atoms. The average Bonchev–Trinajstić information content (AvgIpc) is 2.74. The molecule has 1 amide bonds. The van der Waals surface area contributed by atoms with Gasteiger partial charge < -0.3 is 15.7 Å². The van der Waals surface area contributed by atoms with E-state index >= 15 is 0 Å². The fourth-order valence-electron chi connectivity index (χ4n) is 2.43. The van der Waals surface area contributed by atoms with Gasteiger partial charge in [0.25, 0.3) is 0 Å². The van der Waals surface area contributed by atoms with Crippen LogP contribution >= 0.6 is 0 Å². The fraction of sp³-hybridized carbons (Fsp3) is 0.467. The SMILES string of the molecule is O=C(NC(C(=O)O)c1ccccc1)C1CCCCCN1. The van der Waals surface area contributed by atoms with Crippen molar-refractivity contribution in [3.8, 4) is 0 Å². The molecule has 1 aromatic rings. The highest BCUT2D eigenvalue weighted by atomic mass is 16.4. The van der Waals surface area contributed by atoms with Crippen molar-refractivity contribution in [2.45, 2.75) is 37.8 Å². The maximum absolute atomic E-state index is 12.2. The van der Waals surface area contributed by atoms with Crippen LogP contribution in [0.5, 0.6) is 0 Å². The minimum absolute atomic E-state index is 0.233. The Bertz CT molecular complexity index is 453. The van der Waals surface area contributed by atoms with Gasteiger partial charge in [-0.05, 0) is 24.9 Å². The van der Waals surface area contributed by atoms with E-state index in [0.717, 1.165) is 32.2 Å². The summed E-state index contributed by atoms with van der Waals surface area (Å²) < 4.78 is 0. The van der Waals surface area contributed by atoms with Crippen molar-refractivity contribution < 1.29 is 14.7 Å². The summed E-state index contributed by atoms with van der Waals surface area (Å²) in [6, 6.07) is 7.48. The Morgan fingerprint density at radius 1 is 1.20 bits per heavy atom. The van der Waals surface area contributed by atoms with Gasteiger partial charge in [0.2, 0.25) is 5.91 Å². The molecule has 0 bridgehead atoms. The second kappa shape index (κ2) is 7.05. The number of amides is 1. The van der Waals surface area contributed by atoms with E-state index in [1.54, 1.807) is 24.3 Å². The number of hydrogen-bond donors (Lipinski definition) is 3. The van der Waals surface area contributed by atoms with Gasteiger partial charge in [0.15, 0.2) is 6.04 Å². The van der Waals surface area contributed by atoms with Crippen LogP contribution < -0.4 is 10.6 Å². The first-order chi connectivity index (χ1) is 9.68. The molecule has 2 atom stereocenters. The third-order valence-corrected chi connectivity index (χ3v) is 3.54. The van der Waals surface area contributed by atoms with Crippen molar-refractivity contribution in [1.29, 1.82) is 0 Å². The lowest BCUT2D eigenvalue weighted by Gasteiger charge is -2.20. The van der Waals surface area contributed by atoms with E-state index in [1.165, 1.54) is 0 Å². The molecule has 0 aliphatic carbocycles. The molecule has 1 saturated heterocycles. The minimum atomic E-state index is -1.04. The molecule has 1 heterocycles. The summed E-state index contributed by atoms with van der Waals surface area (Å²) >= 11 is 0.